The van der Waals surface area contributed by atoms with Crippen molar-refractivity contribution < 1.29 is 9.47 Å². The number of ether oxygens (including phenoxy) is 2. The molecule has 0 radical (unpaired) electrons. The standard InChI is InChI=1S/C13H30N2O2/c1-4-16-12-10-15(11-13-17-5-2)9-7-6-8-14-3/h14H,4-13H2,1-3H3. The smallest absolute Gasteiger partial charge is 0.0593 e. The van der Waals surface area contributed by atoms with Crippen molar-refractivity contribution in [2.24, 2.45) is 0 Å². The van der Waals surface area contributed by atoms with Gasteiger partial charge in [-0.25, -0.2) is 0 Å². The Bertz CT molecular complexity index is 135. The molecule has 4 nitrogen and oxygen atoms in total. The molecule has 4 heteroatoms. The normalized spacial score (nSPS) is 11.3. The maximum atomic E-state index is 5.40. The van der Waals surface area contributed by atoms with Crippen molar-refractivity contribution in [3.8, 4) is 0 Å². The van der Waals surface area contributed by atoms with Gasteiger partial charge in [0.2, 0.25) is 0 Å². The second-order valence-electron chi connectivity index (χ2n) is 4.05. The Morgan fingerprint density at radius 2 is 1.47 bits per heavy atom. The summed E-state index contributed by atoms with van der Waals surface area (Å²) < 4.78 is 10.8. The fourth-order valence-corrected chi connectivity index (χ4v) is 1.65. The van der Waals surface area contributed by atoms with Gasteiger partial charge in [0.1, 0.15) is 0 Å². The third-order valence-corrected chi connectivity index (χ3v) is 2.66. The lowest BCUT2D eigenvalue weighted by atomic mass is 10.3. The second kappa shape index (κ2) is 13.9. The molecule has 0 rings (SSSR count). The Kier molecular flexibility index (Phi) is 13.8. The maximum absolute atomic E-state index is 5.40. The molecule has 0 amide bonds. The monoisotopic (exact) mass is 246 g/mol. The van der Waals surface area contributed by atoms with Gasteiger partial charge in [0.15, 0.2) is 0 Å². The molecule has 0 spiro atoms. The van der Waals surface area contributed by atoms with Crippen LogP contribution in [0, 0.1) is 0 Å². The molecule has 0 heterocycles. The molecule has 17 heavy (non-hydrogen) atoms. The van der Waals surface area contributed by atoms with Gasteiger partial charge in [-0.2, -0.15) is 0 Å². The molecule has 0 aromatic rings. The molecule has 0 aliphatic carbocycles. The first-order valence-corrected chi connectivity index (χ1v) is 6.87. The summed E-state index contributed by atoms with van der Waals surface area (Å²) in [7, 11) is 2.00. The first kappa shape index (κ1) is 16.8. The molecule has 1 N–H and O–H groups in total. The van der Waals surface area contributed by atoms with Crippen LogP contribution in [0.4, 0.5) is 0 Å². The summed E-state index contributed by atoms with van der Waals surface area (Å²) in [5.41, 5.74) is 0. The van der Waals surface area contributed by atoms with Gasteiger partial charge in [-0.1, -0.05) is 0 Å². The van der Waals surface area contributed by atoms with E-state index in [0.717, 1.165) is 52.6 Å². The predicted molar refractivity (Wildman–Crippen MR) is 72.6 cm³/mol. The Balaban J connectivity index is 3.60. The average Bonchev–Trinajstić information content (AvgIpc) is 2.34. The summed E-state index contributed by atoms with van der Waals surface area (Å²) in [6.07, 6.45) is 2.47. The van der Waals surface area contributed by atoms with Gasteiger partial charge in [0, 0.05) is 26.3 Å². The van der Waals surface area contributed by atoms with E-state index >= 15 is 0 Å². The van der Waals surface area contributed by atoms with Gasteiger partial charge in [0.25, 0.3) is 0 Å². The number of rotatable bonds is 13. The zero-order valence-corrected chi connectivity index (χ0v) is 11.8. The summed E-state index contributed by atoms with van der Waals surface area (Å²) in [6, 6.07) is 0. The topological polar surface area (TPSA) is 33.7 Å². The SMILES string of the molecule is CCOCCN(CCCCNC)CCOCC. The van der Waals surface area contributed by atoms with Crippen LogP contribution in [0.25, 0.3) is 0 Å². The number of unbranched alkanes of at least 4 members (excludes halogenated alkanes) is 1. The zero-order chi connectivity index (χ0) is 12.8. The van der Waals surface area contributed by atoms with Crippen LogP contribution < -0.4 is 5.32 Å². The molecule has 104 valence electrons. The lowest BCUT2D eigenvalue weighted by molar-refractivity contribution is 0.0821. The molecule has 0 aliphatic rings. The largest absolute Gasteiger partial charge is 0.380 e. The molecule has 0 fully saturated rings. The molecule has 0 unspecified atom stereocenters. The van der Waals surface area contributed by atoms with Crippen LogP contribution in [0.3, 0.4) is 0 Å². The van der Waals surface area contributed by atoms with E-state index in [1.807, 2.05) is 20.9 Å². The zero-order valence-electron chi connectivity index (χ0n) is 11.8. The molecule has 0 atom stereocenters. The maximum Gasteiger partial charge on any atom is 0.0593 e. The van der Waals surface area contributed by atoms with Gasteiger partial charge in [-0.15, -0.1) is 0 Å². The third kappa shape index (κ3) is 12.1. The third-order valence-electron chi connectivity index (χ3n) is 2.66. The van der Waals surface area contributed by atoms with Crippen molar-refractivity contribution in [1.82, 2.24) is 10.2 Å². The van der Waals surface area contributed by atoms with Crippen LogP contribution >= 0.6 is 0 Å². The number of hydrogen-bond donors (Lipinski definition) is 1. The van der Waals surface area contributed by atoms with E-state index < -0.39 is 0 Å². The summed E-state index contributed by atoms with van der Waals surface area (Å²) >= 11 is 0. The fourth-order valence-electron chi connectivity index (χ4n) is 1.65. The summed E-state index contributed by atoms with van der Waals surface area (Å²) in [6.45, 7) is 11.6. The summed E-state index contributed by atoms with van der Waals surface area (Å²) in [5.74, 6) is 0. The van der Waals surface area contributed by atoms with Gasteiger partial charge >= 0.3 is 0 Å². The van der Waals surface area contributed by atoms with Crippen LogP contribution in [0.15, 0.2) is 0 Å². The highest BCUT2D eigenvalue weighted by Crippen LogP contribution is 1.96. The summed E-state index contributed by atoms with van der Waals surface area (Å²) in [5, 5.41) is 3.18. The van der Waals surface area contributed by atoms with Gasteiger partial charge in [-0.05, 0) is 46.8 Å². The summed E-state index contributed by atoms with van der Waals surface area (Å²) in [4.78, 5) is 2.43. The van der Waals surface area contributed by atoms with Gasteiger partial charge in [0.05, 0.1) is 13.2 Å². The van der Waals surface area contributed by atoms with Crippen molar-refractivity contribution in [3.63, 3.8) is 0 Å². The minimum atomic E-state index is 0.805. The van der Waals surface area contributed by atoms with Crippen molar-refractivity contribution in [3.05, 3.63) is 0 Å². The first-order chi connectivity index (χ1) is 8.35. The van der Waals surface area contributed by atoms with E-state index in [0.29, 0.717) is 0 Å². The molecule has 0 saturated carbocycles. The van der Waals surface area contributed by atoms with Crippen LogP contribution in [0.2, 0.25) is 0 Å². The molecule has 0 aromatic carbocycles. The Morgan fingerprint density at radius 1 is 0.882 bits per heavy atom. The molecule has 0 aliphatic heterocycles. The van der Waals surface area contributed by atoms with Crippen LogP contribution in [0.5, 0.6) is 0 Å². The molecular weight excluding hydrogens is 216 g/mol. The van der Waals surface area contributed by atoms with Gasteiger partial charge in [-0.3, -0.25) is 4.90 Å². The molecule has 0 saturated heterocycles. The lowest BCUT2D eigenvalue weighted by Gasteiger charge is -2.22. The van der Waals surface area contributed by atoms with Crippen molar-refractivity contribution in [2.45, 2.75) is 26.7 Å². The van der Waals surface area contributed by atoms with Crippen molar-refractivity contribution in [1.29, 1.82) is 0 Å². The molecule has 0 bridgehead atoms. The van der Waals surface area contributed by atoms with Crippen molar-refractivity contribution in [2.75, 3.05) is 59.7 Å². The highest BCUT2D eigenvalue weighted by molar-refractivity contribution is 4.58. The van der Waals surface area contributed by atoms with E-state index in [2.05, 4.69) is 10.2 Å². The Morgan fingerprint density at radius 3 is 1.94 bits per heavy atom. The molecular formula is C13H30N2O2. The number of nitrogens with one attached hydrogen (secondary N) is 1. The van der Waals surface area contributed by atoms with Crippen LogP contribution in [-0.4, -0.2) is 64.6 Å². The van der Waals surface area contributed by atoms with E-state index in [9.17, 15) is 0 Å². The Labute approximate surface area is 107 Å². The average molecular weight is 246 g/mol. The fraction of sp³-hybridized carbons (Fsp3) is 1.00. The van der Waals surface area contributed by atoms with Crippen LogP contribution in [-0.2, 0) is 9.47 Å². The minimum Gasteiger partial charge on any atom is -0.380 e. The number of hydrogen-bond acceptors (Lipinski definition) is 4. The first-order valence-electron chi connectivity index (χ1n) is 6.87. The lowest BCUT2D eigenvalue weighted by Crippen LogP contribution is -2.32. The van der Waals surface area contributed by atoms with E-state index in [1.54, 1.807) is 0 Å². The van der Waals surface area contributed by atoms with Crippen molar-refractivity contribution >= 4 is 0 Å². The second-order valence-corrected chi connectivity index (χ2v) is 4.05. The minimum absolute atomic E-state index is 0.805. The van der Waals surface area contributed by atoms with Gasteiger partial charge < -0.3 is 14.8 Å². The highest BCUT2D eigenvalue weighted by Gasteiger charge is 2.04. The quantitative estimate of drug-likeness (QED) is 0.498. The Hall–Kier alpha value is -0.160. The number of nitrogens with zero attached hydrogens (tertiary/aromatic N) is 1. The van der Waals surface area contributed by atoms with E-state index in [-0.39, 0.29) is 0 Å². The molecule has 0 aromatic heterocycles. The van der Waals surface area contributed by atoms with E-state index in [4.69, 9.17) is 9.47 Å². The van der Waals surface area contributed by atoms with Crippen LogP contribution in [0.1, 0.15) is 26.7 Å². The highest BCUT2D eigenvalue weighted by atomic mass is 16.5. The van der Waals surface area contributed by atoms with E-state index in [1.165, 1.54) is 12.8 Å². The predicted octanol–water partition coefficient (Wildman–Crippen LogP) is 1.36.